The normalized spacial score (nSPS) is 9.76. The quantitative estimate of drug-likeness (QED) is 0.572. The van der Waals surface area contributed by atoms with Gasteiger partial charge >= 0.3 is 5.97 Å². The minimum Gasteiger partial charge on any atom is -0.462 e. The first-order valence-corrected chi connectivity index (χ1v) is 8.66. The third-order valence-electron chi connectivity index (χ3n) is 3.70. The zero-order valence-corrected chi connectivity index (χ0v) is 15.5. The van der Waals surface area contributed by atoms with Gasteiger partial charge in [-0.2, -0.15) is 15.5 Å². The van der Waals surface area contributed by atoms with Crippen molar-refractivity contribution in [3.05, 3.63) is 77.4 Å². The molecule has 0 amide bonds. The van der Waals surface area contributed by atoms with Gasteiger partial charge in [-0.3, -0.25) is 0 Å². The van der Waals surface area contributed by atoms with Crippen molar-refractivity contribution in [3.63, 3.8) is 0 Å². The Bertz CT molecular complexity index is 1020. The summed E-state index contributed by atoms with van der Waals surface area (Å²) < 4.78 is 16.5. The lowest BCUT2D eigenvalue weighted by atomic mass is 10.2. The molecule has 0 bridgehead atoms. The first-order valence-electron chi connectivity index (χ1n) is 8.66. The molecule has 7 nitrogen and oxygen atoms in total. The van der Waals surface area contributed by atoms with E-state index < -0.39 is 5.97 Å². The molecule has 0 N–H and O–H groups in total. The van der Waals surface area contributed by atoms with Crippen LogP contribution in [0.1, 0.15) is 28.4 Å². The summed E-state index contributed by atoms with van der Waals surface area (Å²) in [4.78, 5) is 16.5. The fraction of sp³-hybridized carbons (Fsp3) is 0.0909. The Labute approximate surface area is 167 Å². The summed E-state index contributed by atoms with van der Waals surface area (Å²) in [6.45, 7) is 1.93. The number of nitrogens with zero attached hydrogens (tertiary/aromatic N) is 3. The summed E-state index contributed by atoms with van der Waals surface area (Å²) in [5.41, 5.74) is 1.21. The maximum absolute atomic E-state index is 12.2. The van der Waals surface area contributed by atoms with Crippen LogP contribution in [0.5, 0.6) is 23.3 Å². The number of carbonyl (C=O) groups excluding carboxylic acids is 1. The van der Waals surface area contributed by atoms with Crippen LogP contribution in [-0.4, -0.2) is 17.6 Å². The maximum atomic E-state index is 12.2. The van der Waals surface area contributed by atoms with Gasteiger partial charge in [0.2, 0.25) is 11.8 Å². The Morgan fingerprint density at radius 2 is 1.31 bits per heavy atom. The number of aromatic nitrogens is 1. The molecule has 7 heteroatoms. The molecule has 0 saturated carbocycles. The Kier molecular flexibility index (Phi) is 6.04. The highest BCUT2D eigenvalue weighted by Crippen LogP contribution is 2.27. The minimum absolute atomic E-state index is 0.129. The Hall–Kier alpha value is -4.36. The minimum atomic E-state index is -0.538. The van der Waals surface area contributed by atoms with Gasteiger partial charge in [0.25, 0.3) is 0 Å². The standard InChI is InChI=1S/C22H15N3O4/c1-2-27-22(26)17-11-20(28-18-7-3-15(13-23)4-8-18)25-21(12-17)29-19-9-5-16(14-24)6-10-19/h3-12H,2H2,1H3. The summed E-state index contributed by atoms with van der Waals surface area (Å²) in [5, 5.41) is 17.8. The second kappa shape index (κ2) is 9.03. The van der Waals surface area contributed by atoms with Gasteiger partial charge < -0.3 is 14.2 Å². The van der Waals surface area contributed by atoms with Crippen LogP contribution in [0.15, 0.2) is 60.7 Å². The first-order chi connectivity index (χ1) is 14.1. The number of esters is 1. The van der Waals surface area contributed by atoms with Crippen LogP contribution in [0, 0.1) is 22.7 Å². The number of rotatable bonds is 6. The second-order valence-electron chi connectivity index (χ2n) is 5.73. The zero-order chi connectivity index (χ0) is 20.6. The molecule has 0 radical (unpaired) electrons. The summed E-state index contributed by atoms with van der Waals surface area (Å²) >= 11 is 0. The molecule has 0 saturated heterocycles. The zero-order valence-electron chi connectivity index (χ0n) is 15.5. The van der Waals surface area contributed by atoms with Crippen LogP contribution in [0.2, 0.25) is 0 Å². The van der Waals surface area contributed by atoms with Crippen LogP contribution < -0.4 is 9.47 Å². The van der Waals surface area contributed by atoms with Gasteiger partial charge in [0, 0.05) is 12.1 Å². The SMILES string of the molecule is CCOC(=O)c1cc(Oc2ccc(C#N)cc2)nc(Oc2ccc(C#N)cc2)c1. The first kappa shape index (κ1) is 19.4. The van der Waals surface area contributed by atoms with E-state index in [4.69, 9.17) is 24.7 Å². The summed E-state index contributed by atoms with van der Waals surface area (Å²) in [7, 11) is 0. The average Bonchev–Trinajstić information content (AvgIpc) is 2.75. The monoisotopic (exact) mass is 385 g/mol. The molecule has 142 valence electrons. The molecule has 0 aliphatic heterocycles. The number of hydrogen-bond acceptors (Lipinski definition) is 7. The van der Waals surface area contributed by atoms with Crippen molar-refractivity contribution in [1.82, 2.24) is 4.98 Å². The molecule has 0 atom stereocenters. The molecular weight excluding hydrogens is 370 g/mol. The average molecular weight is 385 g/mol. The number of benzene rings is 2. The predicted molar refractivity (Wildman–Crippen MR) is 103 cm³/mol. The van der Waals surface area contributed by atoms with E-state index in [9.17, 15) is 4.79 Å². The fourth-order valence-electron chi connectivity index (χ4n) is 2.35. The number of nitriles is 2. The van der Waals surface area contributed by atoms with E-state index in [2.05, 4.69) is 4.98 Å². The molecule has 2 aromatic carbocycles. The third kappa shape index (κ3) is 5.09. The van der Waals surface area contributed by atoms with Crippen molar-refractivity contribution < 1.29 is 19.0 Å². The van der Waals surface area contributed by atoms with Crippen LogP contribution in [0.25, 0.3) is 0 Å². The van der Waals surface area contributed by atoms with Crippen molar-refractivity contribution in [2.24, 2.45) is 0 Å². The largest absolute Gasteiger partial charge is 0.462 e. The molecule has 1 heterocycles. The Balaban J connectivity index is 1.90. The predicted octanol–water partition coefficient (Wildman–Crippen LogP) is 4.59. The molecule has 1 aromatic heterocycles. The van der Waals surface area contributed by atoms with Gasteiger partial charge in [0.05, 0.1) is 35.4 Å². The number of ether oxygens (including phenoxy) is 3. The van der Waals surface area contributed by atoms with Gasteiger partial charge in [-0.25, -0.2) is 4.79 Å². The van der Waals surface area contributed by atoms with E-state index >= 15 is 0 Å². The lowest BCUT2D eigenvalue weighted by Gasteiger charge is -2.11. The Morgan fingerprint density at radius 3 is 1.69 bits per heavy atom. The third-order valence-corrected chi connectivity index (χ3v) is 3.70. The van der Waals surface area contributed by atoms with Crippen LogP contribution in [-0.2, 0) is 4.74 Å². The lowest BCUT2D eigenvalue weighted by Crippen LogP contribution is -2.06. The van der Waals surface area contributed by atoms with Gasteiger partial charge in [-0.1, -0.05) is 0 Å². The summed E-state index contributed by atoms with van der Waals surface area (Å²) in [5.74, 6) is 0.612. The molecule has 0 aliphatic carbocycles. The molecule has 0 fully saturated rings. The van der Waals surface area contributed by atoms with E-state index in [0.29, 0.717) is 22.6 Å². The van der Waals surface area contributed by atoms with Crippen molar-refractivity contribution in [2.45, 2.75) is 6.92 Å². The molecule has 0 aliphatic rings. The highest BCUT2D eigenvalue weighted by atomic mass is 16.5. The maximum Gasteiger partial charge on any atom is 0.338 e. The fourth-order valence-corrected chi connectivity index (χ4v) is 2.35. The topological polar surface area (TPSA) is 105 Å². The number of carbonyl (C=O) groups is 1. The van der Waals surface area contributed by atoms with E-state index in [1.165, 1.54) is 12.1 Å². The second-order valence-corrected chi connectivity index (χ2v) is 5.73. The van der Waals surface area contributed by atoms with Gasteiger partial charge in [0.15, 0.2) is 0 Å². The molecule has 0 spiro atoms. The van der Waals surface area contributed by atoms with Gasteiger partial charge in [0.1, 0.15) is 11.5 Å². The van der Waals surface area contributed by atoms with Crippen LogP contribution in [0.4, 0.5) is 0 Å². The summed E-state index contributed by atoms with van der Waals surface area (Å²) in [6, 6.07) is 19.9. The van der Waals surface area contributed by atoms with Crippen molar-refractivity contribution in [1.29, 1.82) is 10.5 Å². The van der Waals surface area contributed by atoms with Gasteiger partial charge in [-0.15, -0.1) is 0 Å². The van der Waals surface area contributed by atoms with Gasteiger partial charge in [-0.05, 0) is 55.5 Å². The number of hydrogen-bond donors (Lipinski definition) is 0. The van der Waals surface area contributed by atoms with E-state index in [-0.39, 0.29) is 23.9 Å². The van der Waals surface area contributed by atoms with Crippen LogP contribution in [0.3, 0.4) is 0 Å². The molecule has 0 unspecified atom stereocenters. The Morgan fingerprint density at radius 1 is 0.862 bits per heavy atom. The van der Waals surface area contributed by atoms with Crippen molar-refractivity contribution >= 4 is 5.97 Å². The smallest absolute Gasteiger partial charge is 0.338 e. The molecule has 3 aromatic rings. The summed E-state index contributed by atoms with van der Waals surface area (Å²) in [6.07, 6.45) is 0. The molecule has 29 heavy (non-hydrogen) atoms. The van der Waals surface area contributed by atoms with Crippen molar-refractivity contribution in [2.75, 3.05) is 6.61 Å². The highest BCUT2D eigenvalue weighted by Gasteiger charge is 2.14. The molecular formula is C22H15N3O4. The van der Waals surface area contributed by atoms with E-state index in [1.807, 2.05) is 12.1 Å². The van der Waals surface area contributed by atoms with E-state index in [0.717, 1.165) is 0 Å². The van der Waals surface area contributed by atoms with Crippen molar-refractivity contribution in [3.8, 4) is 35.4 Å². The number of pyridine rings is 1. The molecule has 3 rings (SSSR count). The lowest BCUT2D eigenvalue weighted by molar-refractivity contribution is 0.0525. The van der Waals surface area contributed by atoms with E-state index in [1.54, 1.807) is 55.5 Å². The van der Waals surface area contributed by atoms with Crippen LogP contribution >= 0.6 is 0 Å². The highest BCUT2D eigenvalue weighted by molar-refractivity contribution is 5.90.